The third-order valence-electron chi connectivity index (χ3n) is 2.97. The number of nitrogen functional groups attached to an aromatic ring is 2. The zero-order valence-electron chi connectivity index (χ0n) is 10.7. The van der Waals surface area contributed by atoms with Crippen molar-refractivity contribution >= 4 is 22.7 Å². The van der Waals surface area contributed by atoms with Gasteiger partial charge in [-0.25, -0.2) is 4.98 Å². The summed E-state index contributed by atoms with van der Waals surface area (Å²) in [6.45, 7) is 0. The highest BCUT2D eigenvalue weighted by atomic mass is 15.2. The van der Waals surface area contributed by atoms with Gasteiger partial charge in [-0.3, -0.25) is 4.68 Å². The number of anilines is 2. The van der Waals surface area contributed by atoms with Gasteiger partial charge in [0.25, 0.3) is 0 Å². The van der Waals surface area contributed by atoms with Crippen LogP contribution in [0.5, 0.6) is 0 Å². The van der Waals surface area contributed by atoms with Crippen LogP contribution in [-0.2, 0) is 7.05 Å². The molecule has 4 N–H and O–H groups in total. The Bertz CT molecular complexity index is 857. The summed E-state index contributed by atoms with van der Waals surface area (Å²) in [7, 11) is 1.83. The molecule has 0 aliphatic rings. The Morgan fingerprint density at radius 3 is 2.80 bits per heavy atom. The predicted octanol–water partition coefficient (Wildman–Crippen LogP) is 1.07. The molecule has 0 radical (unpaired) electrons. The molecule has 0 saturated carbocycles. The van der Waals surface area contributed by atoms with Crippen molar-refractivity contribution in [2.24, 2.45) is 7.05 Å². The van der Waals surface area contributed by atoms with Crippen molar-refractivity contribution in [3.63, 3.8) is 0 Å². The molecule has 0 atom stereocenters. The zero-order valence-corrected chi connectivity index (χ0v) is 10.7. The number of nitrogens with zero attached hydrogens (tertiary/aromatic N) is 5. The molecule has 98 valence electrons. The van der Waals surface area contributed by atoms with Crippen molar-refractivity contribution in [1.82, 2.24) is 19.7 Å². The Morgan fingerprint density at radius 2 is 2.05 bits per heavy atom. The maximum atomic E-state index is 9.25. The Labute approximate surface area is 114 Å². The average molecular weight is 265 g/mol. The maximum absolute atomic E-state index is 9.25. The highest BCUT2D eigenvalue weighted by Gasteiger charge is 2.16. The molecule has 3 aromatic rings. The Hall–Kier alpha value is -3.14. The third kappa shape index (κ3) is 1.71. The van der Waals surface area contributed by atoms with Crippen molar-refractivity contribution in [2.45, 2.75) is 0 Å². The number of fused-ring (bicyclic) bond motifs is 1. The van der Waals surface area contributed by atoms with Crippen molar-refractivity contribution in [3.05, 3.63) is 30.0 Å². The quantitative estimate of drug-likeness (QED) is 0.679. The number of rotatable bonds is 1. The third-order valence-corrected chi connectivity index (χ3v) is 2.97. The molecule has 20 heavy (non-hydrogen) atoms. The normalized spacial score (nSPS) is 10.6. The van der Waals surface area contributed by atoms with Gasteiger partial charge in [-0.05, 0) is 0 Å². The van der Waals surface area contributed by atoms with E-state index >= 15 is 0 Å². The van der Waals surface area contributed by atoms with E-state index in [2.05, 4.69) is 15.1 Å². The fourth-order valence-electron chi connectivity index (χ4n) is 2.16. The lowest BCUT2D eigenvalue weighted by atomic mass is 10.0. The second kappa shape index (κ2) is 4.20. The van der Waals surface area contributed by atoms with E-state index < -0.39 is 0 Å². The van der Waals surface area contributed by atoms with Crippen LogP contribution in [0, 0.1) is 11.3 Å². The molecule has 2 aromatic heterocycles. The van der Waals surface area contributed by atoms with E-state index in [1.165, 1.54) is 0 Å². The molecule has 3 rings (SSSR count). The monoisotopic (exact) mass is 265 g/mol. The Morgan fingerprint density at radius 1 is 1.25 bits per heavy atom. The van der Waals surface area contributed by atoms with Gasteiger partial charge in [0.1, 0.15) is 23.0 Å². The van der Waals surface area contributed by atoms with Crippen LogP contribution in [0.2, 0.25) is 0 Å². The first-order valence-electron chi connectivity index (χ1n) is 5.86. The molecule has 0 bridgehead atoms. The highest BCUT2D eigenvalue weighted by molar-refractivity contribution is 5.94. The van der Waals surface area contributed by atoms with Gasteiger partial charge in [0, 0.05) is 24.2 Å². The summed E-state index contributed by atoms with van der Waals surface area (Å²) in [5.41, 5.74) is 13.4. The van der Waals surface area contributed by atoms with E-state index in [0.29, 0.717) is 11.3 Å². The lowest BCUT2D eigenvalue weighted by molar-refractivity contribution is 0.780. The predicted molar refractivity (Wildman–Crippen MR) is 75.3 cm³/mol. The molecule has 7 heteroatoms. The molecule has 0 unspecified atom stereocenters. The molecule has 1 aromatic carbocycles. The Balaban J connectivity index is 2.39. The molecular weight excluding hydrogens is 254 g/mol. The van der Waals surface area contributed by atoms with Crippen LogP contribution in [0.25, 0.3) is 22.2 Å². The van der Waals surface area contributed by atoms with Gasteiger partial charge in [-0.2, -0.15) is 15.3 Å². The van der Waals surface area contributed by atoms with Crippen LogP contribution < -0.4 is 11.5 Å². The van der Waals surface area contributed by atoms with E-state index in [4.69, 9.17) is 11.5 Å². The van der Waals surface area contributed by atoms with E-state index in [0.717, 1.165) is 10.9 Å². The van der Waals surface area contributed by atoms with E-state index in [9.17, 15) is 5.26 Å². The van der Waals surface area contributed by atoms with Gasteiger partial charge >= 0.3 is 0 Å². The fourth-order valence-corrected chi connectivity index (χ4v) is 2.16. The number of benzene rings is 1. The van der Waals surface area contributed by atoms with Crippen LogP contribution in [-0.4, -0.2) is 19.7 Å². The molecule has 0 aliphatic heterocycles. The number of hydrogen-bond donors (Lipinski definition) is 2. The van der Waals surface area contributed by atoms with Gasteiger partial charge in [0.05, 0.1) is 5.69 Å². The minimum absolute atomic E-state index is 0.0319. The molecule has 0 aliphatic carbocycles. The first-order valence-corrected chi connectivity index (χ1v) is 5.86. The number of nitrogens with two attached hydrogens (primary N) is 2. The standard InChI is InChI=1S/C13H11N7/c1-20-6-7-3-2-4-8(10(7)19-20)11-9(5-14)12(15)18-13(16)17-11/h2-4,6H,1H3,(H4,15,16,17,18). The topological polar surface area (TPSA) is 119 Å². The second-order valence-corrected chi connectivity index (χ2v) is 4.35. The number of aryl methyl sites for hydroxylation is 1. The number of nitriles is 1. The Kier molecular flexibility index (Phi) is 2.51. The number of aromatic nitrogens is 4. The summed E-state index contributed by atoms with van der Waals surface area (Å²) >= 11 is 0. The molecule has 0 saturated heterocycles. The van der Waals surface area contributed by atoms with E-state index in [1.54, 1.807) is 4.68 Å². The van der Waals surface area contributed by atoms with Crippen LogP contribution in [0.4, 0.5) is 11.8 Å². The molecule has 7 nitrogen and oxygen atoms in total. The van der Waals surface area contributed by atoms with Gasteiger partial charge in [-0.1, -0.05) is 18.2 Å². The molecule has 0 fully saturated rings. The summed E-state index contributed by atoms with van der Waals surface area (Å²) in [5.74, 6) is 0.104. The van der Waals surface area contributed by atoms with Crippen molar-refractivity contribution < 1.29 is 0 Å². The minimum Gasteiger partial charge on any atom is -0.382 e. The summed E-state index contributed by atoms with van der Waals surface area (Å²) in [5, 5.41) is 14.6. The lowest BCUT2D eigenvalue weighted by Crippen LogP contribution is -2.05. The van der Waals surface area contributed by atoms with Gasteiger partial charge in [0.2, 0.25) is 5.95 Å². The van der Waals surface area contributed by atoms with Crippen molar-refractivity contribution in [3.8, 4) is 17.3 Å². The highest BCUT2D eigenvalue weighted by Crippen LogP contribution is 2.30. The second-order valence-electron chi connectivity index (χ2n) is 4.35. The van der Waals surface area contributed by atoms with Crippen LogP contribution in [0.1, 0.15) is 5.56 Å². The van der Waals surface area contributed by atoms with Gasteiger partial charge in [-0.15, -0.1) is 0 Å². The van der Waals surface area contributed by atoms with Gasteiger partial charge in [0.15, 0.2) is 0 Å². The zero-order chi connectivity index (χ0) is 14.3. The maximum Gasteiger partial charge on any atom is 0.222 e. The van der Waals surface area contributed by atoms with Crippen LogP contribution in [0.3, 0.4) is 0 Å². The summed E-state index contributed by atoms with van der Waals surface area (Å²) in [6.07, 6.45) is 1.89. The largest absolute Gasteiger partial charge is 0.382 e. The van der Waals surface area contributed by atoms with Crippen molar-refractivity contribution in [2.75, 3.05) is 11.5 Å². The molecule has 2 heterocycles. The minimum atomic E-state index is 0.0319. The molecule has 0 amide bonds. The summed E-state index contributed by atoms with van der Waals surface area (Å²) in [4.78, 5) is 7.96. The molecule has 0 spiro atoms. The first-order chi connectivity index (χ1) is 9.60. The lowest BCUT2D eigenvalue weighted by Gasteiger charge is -2.07. The van der Waals surface area contributed by atoms with E-state index in [1.807, 2.05) is 37.5 Å². The van der Waals surface area contributed by atoms with Crippen LogP contribution in [0.15, 0.2) is 24.4 Å². The fraction of sp³-hybridized carbons (Fsp3) is 0.0769. The van der Waals surface area contributed by atoms with Crippen molar-refractivity contribution in [1.29, 1.82) is 5.26 Å². The average Bonchev–Trinajstić information content (AvgIpc) is 2.77. The van der Waals surface area contributed by atoms with E-state index in [-0.39, 0.29) is 17.3 Å². The summed E-state index contributed by atoms with van der Waals surface area (Å²) < 4.78 is 1.70. The SMILES string of the molecule is Cn1cc2cccc(-c3nc(N)nc(N)c3C#N)c2n1. The summed E-state index contributed by atoms with van der Waals surface area (Å²) in [6, 6.07) is 7.66. The smallest absolute Gasteiger partial charge is 0.222 e. The van der Waals surface area contributed by atoms with Crippen LogP contribution >= 0.6 is 0 Å². The number of hydrogen-bond acceptors (Lipinski definition) is 6. The molecular formula is C13H11N7. The van der Waals surface area contributed by atoms with Gasteiger partial charge < -0.3 is 11.5 Å². The first kappa shape index (κ1) is 11.9.